The van der Waals surface area contributed by atoms with Crippen molar-refractivity contribution >= 4 is 22.7 Å². The van der Waals surface area contributed by atoms with Gasteiger partial charge >= 0.3 is 0 Å². The molecule has 0 aromatic heterocycles. The van der Waals surface area contributed by atoms with Crippen LogP contribution < -0.4 is 9.64 Å². The number of hydrogen-bond donors (Lipinski definition) is 0. The lowest BCUT2D eigenvalue weighted by Gasteiger charge is -2.23. The highest BCUT2D eigenvalue weighted by atomic mass is 32.2. The van der Waals surface area contributed by atoms with E-state index in [0.29, 0.717) is 12.5 Å². The quantitative estimate of drug-likeness (QED) is 0.648. The van der Waals surface area contributed by atoms with Gasteiger partial charge in [0.1, 0.15) is 12.4 Å². The zero-order valence-corrected chi connectivity index (χ0v) is 17.1. The third-order valence-electron chi connectivity index (χ3n) is 5.18. The van der Waals surface area contributed by atoms with Crippen molar-refractivity contribution < 1.29 is 9.53 Å². The molecule has 0 N–H and O–H groups in total. The summed E-state index contributed by atoms with van der Waals surface area (Å²) in [6.45, 7) is 6.79. The summed E-state index contributed by atoms with van der Waals surface area (Å²) < 4.78 is 6.24. The summed E-state index contributed by atoms with van der Waals surface area (Å²) in [4.78, 5) is 14.0. The number of rotatable bonds is 5. The van der Waals surface area contributed by atoms with Crippen LogP contribution in [0.25, 0.3) is 0 Å². The van der Waals surface area contributed by atoms with Gasteiger partial charge in [-0.05, 0) is 80.2 Å². The standard InChI is InChI=1S/C22H27NO2S/c1-14-11-16(3)21(12-15(14)2)25-13-19-18(17-9-10-17)7-6-8-20(19)23(4)22(24)26-5/h6-8,11-12,17H,9-10,13H2,1-5H3. The molecule has 0 unspecified atom stereocenters. The fraction of sp³-hybridized carbons (Fsp3) is 0.409. The molecular weight excluding hydrogens is 342 g/mol. The number of carbonyl (C=O) groups is 1. The molecule has 1 fully saturated rings. The molecule has 1 saturated carbocycles. The molecule has 0 aliphatic heterocycles. The molecule has 26 heavy (non-hydrogen) atoms. The molecule has 0 spiro atoms. The maximum Gasteiger partial charge on any atom is 0.285 e. The van der Waals surface area contributed by atoms with Crippen LogP contribution in [0.1, 0.15) is 46.6 Å². The van der Waals surface area contributed by atoms with Crippen LogP contribution in [0.4, 0.5) is 10.5 Å². The van der Waals surface area contributed by atoms with Gasteiger partial charge in [-0.2, -0.15) is 0 Å². The summed E-state index contributed by atoms with van der Waals surface area (Å²) in [7, 11) is 1.84. The molecule has 1 aliphatic rings. The molecule has 4 heteroatoms. The van der Waals surface area contributed by atoms with Crippen LogP contribution in [0, 0.1) is 20.8 Å². The van der Waals surface area contributed by atoms with Gasteiger partial charge in [-0.25, -0.2) is 0 Å². The largest absolute Gasteiger partial charge is 0.489 e. The molecule has 1 aliphatic carbocycles. The van der Waals surface area contributed by atoms with Gasteiger partial charge in [0.05, 0.1) is 5.69 Å². The van der Waals surface area contributed by atoms with Gasteiger partial charge in [-0.1, -0.05) is 30.0 Å². The molecule has 2 aromatic rings. The van der Waals surface area contributed by atoms with Gasteiger partial charge in [-0.15, -0.1) is 0 Å². The second-order valence-corrected chi connectivity index (χ2v) is 7.90. The molecule has 0 saturated heterocycles. The first-order valence-electron chi connectivity index (χ1n) is 9.06. The molecular formula is C22H27NO2S. The van der Waals surface area contributed by atoms with E-state index in [-0.39, 0.29) is 5.24 Å². The SMILES string of the molecule is CSC(=O)N(C)c1cccc(C2CC2)c1COc1cc(C)c(C)cc1C. The first-order valence-corrected chi connectivity index (χ1v) is 10.3. The molecule has 3 rings (SSSR count). The first kappa shape index (κ1) is 18.8. The van der Waals surface area contributed by atoms with Crippen LogP contribution in [0.3, 0.4) is 0 Å². The molecule has 0 heterocycles. The van der Waals surface area contributed by atoms with Crippen LogP contribution in [0.5, 0.6) is 5.75 Å². The number of nitrogens with zero attached hydrogens (tertiary/aromatic N) is 1. The minimum Gasteiger partial charge on any atom is -0.489 e. The zero-order valence-electron chi connectivity index (χ0n) is 16.3. The van der Waals surface area contributed by atoms with Gasteiger partial charge in [0.25, 0.3) is 5.24 Å². The number of thioether (sulfide) groups is 1. The Bertz CT molecular complexity index is 827. The van der Waals surface area contributed by atoms with E-state index in [9.17, 15) is 4.79 Å². The summed E-state index contributed by atoms with van der Waals surface area (Å²) in [5.41, 5.74) is 7.07. The molecule has 0 bridgehead atoms. The van der Waals surface area contributed by atoms with Crippen molar-refractivity contribution in [1.82, 2.24) is 0 Å². The minimum atomic E-state index is 0.0431. The Kier molecular flexibility index (Phi) is 5.61. The van der Waals surface area contributed by atoms with E-state index >= 15 is 0 Å². The monoisotopic (exact) mass is 369 g/mol. The Labute approximate surface area is 160 Å². The number of ether oxygens (including phenoxy) is 1. The van der Waals surface area contributed by atoms with Gasteiger partial charge in [0.15, 0.2) is 0 Å². The molecule has 0 radical (unpaired) electrons. The number of benzene rings is 2. The fourth-order valence-electron chi connectivity index (χ4n) is 3.32. The Morgan fingerprint density at radius 3 is 2.50 bits per heavy atom. The Balaban J connectivity index is 1.93. The number of anilines is 1. The van der Waals surface area contributed by atoms with Crippen molar-refractivity contribution in [1.29, 1.82) is 0 Å². The maximum atomic E-state index is 12.2. The summed E-state index contributed by atoms with van der Waals surface area (Å²) in [5, 5.41) is 0.0431. The van der Waals surface area contributed by atoms with Crippen LogP contribution >= 0.6 is 11.8 Å². The van der Waals surface area contributed by atoms with Gasteiger partial charge in [-0.3, -0.25) is 4.79 Å². The van der Waals surface area contributed by atoms with Crippen molar-refractivity contribution in [3.8, 4) is 5.75 Å². The van der Waals surface area contributed by atoms with Crippen molar-refractivity contribution in [2.45, 2.75) is 46.1 Å². The van der Waals surface area contributed by atoms with Crippen molar-refractivity contribution in [3.63, 3.8) is 0 Å². The lowest BCUT2D eigenvalue weighted by Crippen LogP contribution is -2.23. The third-order valence-corrected chi connectivity index (χ3v) is 5.80. The first-order chi connectivity index (χ1) is 12.4. The molecule has 2 aromatic carbocycles. The second kappa shape index (κ2) is 7.75. The summed E-state index contributed by atoms with van der Waals surface area (Å²) in [6, 6.07) is 10.5. The molecule has 0 atom stereocenters. The zero-order chi connectivity index (χ0) is 18.8. The highest BCUT2D eigenvalue weighted by molar-refractivity contribution is 8.13. The van der Waals surface area contributed by atoms with E-state index in [1.165, 1.54) is 41.3 Å². The average Bonchev–Trinajstić information content (AvgIpc) is 3.47. The van der Waals surface area contributed by atoms with Gasteiger partial charge < -0.3 is 9.64 Å². The third kappa shape index (κ3) is 3.90. The topological polar surface area (TPSA) is 29.5 Å². The second-order valence-electron chi connectivity index (χ2n) is 7.14. The van der Waals surface area contributed by atoms with E-state index in [1.54, 1.807) is 4.90 Å². The summed E-state index contributed by atoms with van der Waals surface area (Å²) >= 11 is 1.23. The highest BCUT2D eigenvalue weighted by Crippen LogP contribution is 2.44. The molecule has 3 nitrogen and oxygen atoms in total. The summed E-state index contributed by atoms with van der Waals surface area (Å²) in [6.07, 6.45) is 4.26. The number of hydrogen-bond acceptors (Lipinski definition) is 3. The number of carbonyl (C=O) groups excluding carboxylic acids is 1. The van der Waals surface area contributed by atoms with Crippen molar-refractivity contribution in [2.75, 3.05) is 18.2 Å². The van der Waals surface area contributed by atoms with E-state index in [4.69, 9.17) is 4.74 Å². The van der Waals surface area contributed by atoms with E-state index < -0.39 is 0 Å². The summed E-state index contributed by atoms with van der Waals surface area (Å²) in [5.74, 6) is 1.52. The average molecular weight is 370 g/mol. The van der Waals surface area contributed by atoms with E-state index in [2.05, 4.69) is 45.0 Å². The van der Waals surface area contributed by atoms with Crippen LogP contribution in [0.2, 0.25) is 0 Å². The van der Waals surface area contributed by atoms with E-state index in [1.807, 2.05) is 19.4 Å². The molecule has 138 valence electrons. The predicted molar refractivity (Wildman–Crippen MR) is 111 cm³/mol. The fourth-order valence-corrected chi connectivity index (χ4v) is 3.69. The number of aryl methyl sites for hydroxylation is 3. The van der Waals surface area contributed by atoms with Crippen LogP contribution in [-0.2, 0) is 6.61 Å². The minimum absolute atomic E-state index is 0.0431. The normalized spacial score (nSPS) is 13.6. The Hall–Kier alpha value is -1.94. The van der Waals surface area contributed by atoms with Crippen molar-refractivity contribution in [3.05, 3.63) is 58.1 Å². The Morgan fingerprint density at radius 2 is 1.85 bits per heavy atom. The van der Waals surface area contributed by atoms with E-state index in [0.717, 1.165) is 22.6 Å². The van der Waals surface area contributed by atoms with Crippen molar-refractivity contribution in [2.24, 2.45) is 0 Å². The Morgan fingerprint density at radius 1 is 1.15 bits per heavy atom. The van der Waals surface area contributed by atoms with Gasteiger partial charge in [0.2, 0.25) is 0 Å². The smallest absolute Gasteiger partial charge is 0.285 e. The van der Waals surface area contributed by atoms with Crippen LogP contribution in [0.15, 0.2) is 30.3 Å². The van der Waals surface area contributed by atoms with Crippen LogP contribution in [-0.4, -0.2) is 18.5 Å². The lowest BCUT2D eigenvalue weighted by molar-refractivity contribution is 0.266. The highest BCUT2D eigenvalue weighted by Gasteiger charge is 2.28. The predicted octanol–water partition coefficient (Wildman–Crippen LogP) is 5.99. The maximum absolute atomic E-state index is 12.2. The molecule has 1 amide bonds. The lowest BCUT2D eigenvalue weighted by atomic mass is 10.0. The number of amides is 1. The van der Waals surface area contributed by atoms with Gasteiger partial charge in [0, 0.05) is 12.6 Å².